The van der Waals surface area contributed by atoms with Crippen molar-refractivity contribution in [2.75, 3.05) is 43.0 Å². The average molecular weight is 410 g/mol. The molecule has 2 amide bonds. The van der Waals surface area contributed by atoms with Crippen molar-refractivity contribution in [1.82, 2.24) is 15.1 Å². The first-order valence-corrected chi connectivity index (χ1v) is 11.1. The van der Waals surface area contributed by atoms with E-state index in [2.05, 4.69) is 33.4 Å². The number of carbonyl (C=O) groups excluding carboxylic acids is 1. The van der Waals surface area contributed by atoms with Crippen LogP contribution in [0.3, 0.4) is 0 Å². The number of rotatable bonds is 6. The number of amides is 2. The van der Waals surface area contributed by atoms with Crippen LogP contribution in [0.25, 0.3) is 0 Å². The van der Waals surface area contributed by atoms with Crippen molar-refractivity contribution in [1.29, 1.82) is 0 Å². The Bertz CT molecular complexity index is 847. The van der Waals surface area contributed by atoms with Gasteiger partial charge in [-0.05, 0) is 68.0 Å². The molecular formula is C23H31N5O2. The number of nitrogens with one attached hydrogen (secondary N) is 1. The predicted molar refractivity (Wildman–Crippen MR) is 118 cm³/mol. The molecule has 4 rings (SSSR count). The third-order valence-corrected chi connectivity index (χ3v) is 5.82. The highest BCUT2D eigenvalue weighted by Gasteiger charge is 2.23. The number of hydrogen-bond donors (Lipinski definition) is 1. The Morgan fingerprint density at radius 2 is 1.83 bits per heavy atom. The second-order valence-corrected chi connectivity index (χ2v) is 8.01. The maximum absolute atomic E-state index is 12.6. The van der Waals surface area contributed by atoms with Crippen LogP contribution in [0.1, 0.15) is 43.9 Å². The zero-order valence-electron chi connectivity index (χ0n) is 17.8. The molecule has 0 radical (unpaired) electrons. The van der Waals surface area contributed by atoms with Crippen LogP contribution in [0, 0.1) is 0 Å². The largest absolute Gasteiger partial charge is 0.494 e. The second-order valence-electron chi connectivity index (χ2n) is 8.01. The lowest BCUT2D eigenvalue weighted by atomic mass is 9.97. The van der Waals surface area contributed by atoms with Crippen molar-refractivity contribution in [2.45, 2.75) is 45.4 Å². The number of hydrogen-bond acceptors (Lipinski definition) is 5. The van der Waals surface area contributed by atoms with E-state index in [1.54, 1.807) is 0 Å². The molecule has 1 aromatic heterocycles. The van der Waals surface area contributed by atoms with Gasteiger partial charge in [0.2, 0.25) is 0 Å². The van der Waals surface area contributed by atoms with Gasteiger partial charge in [-0.25, -0.2) is 4.79 Å². The highest BCUT2D eigenvalue weighted by atomic mass is 16.5. The summed E-state index contributed by atoms with van der Waals surface area (Å²) >= 11 is 0. The van der Waals surface area contributed by atoms with Gasteiger partial charge in [-0.1, -0.05) is 13.3 Å². The fourth-order valence-corrected chi connectivity index (χ4v) is 3.94. The lowest BCUT2D eigenvalue weighted by molar-refractivity contribution is 0.208. The van der Waals surface area contributed by atoms with Crippen LogP contribution in [0.2, 0.25) is 0 Å². The van der Waals surface area contributed by atoms with Gasteiger partial charge in [-0.2, -0.15) is 5.10 Å². The normalized spacial score (nSPS) is 16.2. The average Bonchev–Trinajstić information content (AvgIpc) is 2.80. The number of piperazine rings is 1. The summed E-state index contributed by atoms with van der Waals surface area (Å²) in [5.74, 6) is 1.77. The molecule has 1 saturated heterocycles. The van der Waals surface area contributed by atoms with E-state index in [0.29, 0.717) is 13.1 Å². The van der Waals surface area contributed by atoms with Crippen molar-refractivity contribution >= 4 is 17.5 Å². The second kappa shape index (κ2) is 9.78. The Labute approximate surface area is 178 Å². The number of fused-ring (bicyclic) bond motifs is 1. The van der Waals surface area contributed by atoms with E-state index >= 15 is 0 Å². The fourth-order valence-electron chi connectivity index (χ4n) is 3.94. The van der Waals surface area contributed by atoms with Crippen molar-refractivity contribution in [3.8, 4) is 5.75 Å². The van der Waals surface area contributed by atoms with E-state index < -0.39 is 0 Å². The molecule has 30 heavy (non-hydrogen) atoms. The molecule has 1 aliphatic heterocycles. The number of ether oxygens (including phenoxy) is 1. The van der Waals surface area contributed by atoms with Gasteiger partial charge >= 0.3 is 6.03 Å². The van der Waals surface area contributed by atoms with Crippen LogP contribution in [0.5, 0.6) is 5.75 Å². The fraction of sp³-hybridized carbons (Fsp3) is 0.522. The van der Waals surface area contributed by atoms with Gasteiger partial charge in [-0.15, -0.1) is 5.10 Å². The number of benzene rings is 1. The van der Waals surface area contributed by atoms with Crippen LogP contribution >= 0.6 is 0 Å². The molecule has 160 valence electrons. The Balaban J connectivity index is 1.27. The summed E-state index contributed by atoms with van der Waals surface area (Å²) in [6.07, 6.45) is 6.74. The first kappa shape index (κ1) is 20.4. The minimum Gasteiger partial charge on any atom is -0.494 e. The number of unbranched alkanes of at least 4 members (excludes halogenated alkanes) is 1. The third-order valence-electron chi connectivity index (χ3n) is 5.82. The van der Waals surface area contributed by atoms with Crippen LogP contribution in [0.4, 0.5) is 16.3 Å². The molecule has 2 aromatic rings. The molecule has 2 aliphatic rings. The maximum atomic E-state index is 12.6. The van der Waals surface area contributed by atoms with Crippen LogP contribution in [-0.2, 0) is 12.8 Å². The predicted octanol–water partition coefficient (Wildman–Crippen LogP) is 3.89. The van der Waals surface area contributed by atoms with Gasteiger partial charge in [0.15, 0.2) is 5.82 Å². The Kier molecular flexibility index (Phi) is 6.67. The zero-order chi connectivity index (χ0) is 20.8. The lowest BCUT2D eigenvalue weighted by Gasteiger charge is -2.35. The summed E-state index contributed by atoms with van der Waals surface area (Å²) in [4.78, 5) is 16.7. The summed E-state index contributed by atoms with van der Waals surface area (Å²) in [7, 11) is 0. The van der Waals surface area contributed by atoms with Gasteiger partial charge in [0.1, 0.15) is 5.75 Å². The summed E-state index contributed by atoms with van der Waals surface area (Å²) in [6, 6.07) is 9.71. The van der Waals surface area contributed by atoms with Gasteiger partial charge in [0.05, 0.1) is 12.3 Å². The van der Waals surface area contributed by atoms with Crippen LogP contribution in [0.15, 0.2) is 30.3 Å². The molecule has 2 heterocycles. The van der Waals surface area contributed by atoms with Crippen LogP contribution in [-0.4, -0.2) is 53.9 Å². The molecule has 7 nitrogen and oxygen atoms in total. The Morgan fingerprint density at radius 1 is 1.07 bits per heavy atom. The number of urea groups is 1. The quantitative estimate of drug-likeness (QED) is 0.733. The molecule has 1 aromatic carbocycles. The standard InChI is InChI=1S/C23H31N5O2/c1-2-3-16-30-20-10-8-19(9-11-20)24-23(29)28-14-12-27(13-15-28)22-17-18-6-4-5-7-21(18)25-26-22/h8-11,17H,2-7,12-16H2,1H3,(H,24,29). The highest BCUT2D eigenvalue weighted by Crippen LogP contribution is 2.23. The minimum absolute atomic E-state index is 0.0640. The van der Waals surface area contributed by atoms with Crippen molar-refractivity contribution < 1.29 is 9.53 Å². The molecule has 0 saturated carbocycles. The maximum Gasteiger partial charge on any atom is 0.321 e. The first-order chi connectivity index (χ1) is 14.7. The number of aromatic nitrogens is 2. The lowest BCUT2D eigenvalue weighted by Crippen LogP contribution is -2.50. The number of aryl methyl sites for hydroxylation is 2. The molecule has 1 aliphatic carbocycles. The molecule has 1 N–H and O–H groups in total. The summed E-state index contributed by atoms with van der Waals surface area (Å²) in [5.41, 5.74) is 3.28. The first-order valence-electron chi connectivity index (χ1n) is 11.1. The molecule has 1 fully saturated rings. The molecule has 0 unspecified atom stereocenters. The van der Waals surface area contributed by atoms with E-state index in [-0.39, 0.29) is 6.03 Å². The molecule has 0 atom stereocenters. The van der Waals surface area contributed by atoms with Crippen molar-refractivity contribution in [3.63, 3.8) is 0 Å². The van der Waals surface area contributed by atoms with Gasteiger partial charge < -0.3 is 19.9 Å². The van der Waals surface area contributed by atoms with Crippen LogP contribution < -0.4 is 15.0 Å². The van der Waals surface area contributed by atoms with Gasteiger partial charge in [0.25, 0.3) is 0 Å². The van der Waals surface area contributed by atoms with E-state index in [1.165, 1.54) is 18.4 Å². The van der Waals surface area contributed by atoms with E-state index in [4.69, 9.17) is 4.74 Å². The van der Waals surface area contributed by atoms with E-state index in [0.717, 1.165) is 68.3 Å². The van der Waals surface area contributed by atoms with Gasteiger partial charge in [-0.3, -0.25) is 0 Å². The molecule has 0 spiro atoms. The topological polar surface area (TPSA) is 70.6 Å². The molecule has 0 bridgehead atoms. The summed E-state index contributed by atoms with van der Waals surface area (Å²) in [6.45, 7) is 5.74. The number of nitrogens with zero attached hydrogens (tertiary/aromatic N) is 4. The molecular weight excluding hydrogens is 378 g/mol. The van der Waals surface area contributed by atoms with E-state index in [1.807, 2.05) is 29.2 Å². The van der Waals surface area contributed by atoms with Crippen molar-refractivity contribution in [3.05, 3.63) is 41.6 Å². The SMILES string of the molecule is CCCCOc1ccc(NC(=O)N2CCN(c3cc4c(nn3)CCCC4)CC2)cc1. The molecule has 7 heteroatoms. The van der Waals surface area contributed by atoms with E-state index in [9.17, 15) is 4.79 Å². The third kappa shape index (κ3) is 5.01. The smallest absolute Gasteiger partial charge is 0.321 e. The highest BCUT2D eigenvalue weighted by molar-refractivity contribution is 5.89. The summed E-state index contributed by atoms with van der Waals surface area (Å²) < 4.78 is 5.67. The monoisotopic (exact) mass is 409 g/mol. The number of anilines is 2. The van der Waals surface area contributed by atoms with Gasteiger partial charge in [0, 0.05) is 31.9 Å². The van der Waals surface area contributed by atoms with Crippen molar-refractivity contribution in [2.24, 2.45) is 0 Å². The Hall–Kier alpha value is -2.83. The zero-order valence-corrected chi connectivity index (χ0v) is 17.8. The minimum atomic E-state index is -0.0640. The Morgan fingerprint density at radius 3 is 2.60 bits per heavy atom. The number of carbonyl (C=O) groups is 1. The summed E-state index contributed by atoms with van der Waals surface area (Å²) in [5, 5.41) is 11.9.